The Balaban J connectivity index is 1.63. The number of esters is 1. The minimum atomic E-state index is -1.38. The van der Waals surface area contributed by atoms with E-state index in [1.165, 1.54) is 4.90 Å². The summed E-state index contributed by atoms with van der Waals surface area (Å²) in [7, 11) is 1.70. The van der Waals surface area contributed by atoms with Crippen LogP contribution in [0.5, 0.6) is 0 Å². The van der Waals surface area contributed by atoms with Gasteiger partial charge in [-0.3, -0.25) is 19.2 Å². The number of hydrogen-bond acceptors (Lipinski definition) is 7. The Hall–Kier alpha value is -3.50. The molecule has 4 aliphatic rings. The van der Waals surface area contributed by atoms with Gasteiger partial charge in [-0.15, -0.1) is 0 Å². The number of fused-ring (bicyclic) bond motifs is 2. The molecule has 1 N–H and O–H groups in total. The van der Waals surface area contributed by atoms with Crippen molar-refractivity contribution >= 4 is 23.7 Å². The summed E-state index contributed by atoms with van der Waals surface area (Å²) in [5.41, 5.74) is -1.28. The summed E-state index contributed by atoms with van der Waals surface area (Å²) in [5.74, 6) is -3.48. The van der Waals surface area contributed by atoms with Crippen LogP contribution in [0.15, 0.2) is 54.6 Å². The van der Waals surface area contributed by atoms with Crippen molar-refractivity contribution in [1.29, 1.82) is 0 Å². The highest BCUT2D eigenvalue weighted by Gasteiger charge is 2.74. The SMILES string of the molecule is C[C@@H]1[C@@H](c2ccccc2)OC(=O)[C@@H]2[C@@H]3C=C[C@]4(O3)[C@H](C(=O)N(C(C)(C)C)C/C=C\CCC(=O)N1C)N([C@H](C)CO)C(=O)[C@@H]24. The number of ether oxygens (including phenoxy) is 2. The molecule has 2 fully saturated rings. The number of likely N-dealkylation sites (N-methyl/N-ethyl adjacent to an activating group) is 1. The molecule has 43 heavy (non-hydrogen) atoms. The van der Waals surface area contributed by atoms with Crippen LogP contribution in [0.3, 0.4) is 0 Å². The Labute approximate surface area is 253 Å². The summed E-state index contributed by atoms with van der Waals surface area (Å²) in [5, 5.41) is 10.2. The lowest BCUT2D eigenvalue weighted by Crippen LogP contribution is -2.61. The number of aliphatic hydroxyl groups is 1. The van der Waals surface area contributed by atoms with Crippen molar-refractivity contribution in [1.82, 2.24) is 14.7 Å². The molecule has 10 heteroatoms. The summed E-state index contributed by atoms with van der Waals surface area (Å²) in [6, 6.07) is 6.97. The minimum Gasteiger partial charge on any atom is -0.455 e. The molecule has 5 bridgehead atoms. The number of nitrogens with zero attached hydrogens (tertiary/aromatic N) is 3. The standard InChI is InChI=1S/C33H43N3O7/c1-20(19-37)36-28-30(40)35(32(3,4)5)18-12-8-11-15-24(38)34(6)21(2)27(22-13-9-7-10-14-22)42-31(41)25-23-16-17-33(28,43-23)26(25)29(36)39/h7-10,12-14,16-17,20-21,23,25-28,37H,11,15,18-19H2,1-6H3/b12-8-/t20-,21-,23+,25-,26-,27+,28+,33-/m1/s1. The molecule has 4 aliphatic heterocycles. The molecular weight excluding hydrogens is 550 g/mol. The van der Waals surface area contributed by atoms with E-state index in [1.807, 2.05) is 70.2 Å². The van der Waals surface area contributed by atoms with Gasteiger partial charge in [0, 0.05) is 25.6 Å². The molecule has 0 aromatic heterocycles. The molecule has 1 spiro atoms. The van der Waals surface area contributed by atoms with Gasteiger partial charge >= 0.3 is 5.97 Å². The third kappa shape index (κ3) is 5.18. The minimum absolute atomic E-state index is 0.102. The second kappa shape index (κ2) is 11.5. The van der Waals surface area contributed by atoms with Crippen LogP contribution in [-0.4, -0.2) is 99.1 Å². The largest absolute Gasteiger partial charge is 0.455 e. The first kappa shape index (κ1) is 30.9. The monoisotopic (exact) mass is 593 g/mol. The van der Waals surface area contributed by atoms with Gasteiger partial charge in [-0.2, -0.15) is 0 Å². The van der Waals surface area contributed by atoms with E-state index in [0.717, 1.165) is 5.56 Å². The van der Waals surface area contributed by atoms with Gasteiger partial charge in [0.05, 0.1) is 30.7 Å². The highest BCUT2D eigenvalue weighted by molar-refractivity contribution is 5.99. The molecule has 0 radical (unpaired) electrons. The molecule has 0 unspecified atom stereocenters. The molecule has 2 saturated heterocycles. The predicted molar refractivity (Wildman–Crippen MR) is 158 cm³/mol. The number of aliphatic hydroxyl groups excluding tert-OH is 1. The first-order valence-corrected chi connectivity index (χ1v) is 15.1. The lowest BCUT2D eigenvalue weighted by Gasteiger charge is -2.42. The number of hydrogen-bond donors (Lipinski definition) is 1. The molecule has 8 atom stereocenters. The number of carbonyl (C=O) groups is 4. The lowest BCUT2D eigenvalue weighted by atomic mass is 9.74. The highest BCUT2D eigenvalue weighted by Crippen LogP contribution is 2.56. The summed E-state index contributed by atoms with van der Waals surface area (Å²) in [4.78, 5) is 60.8. The van der Waals surface area contributed by atoms with E-state index in [9.17, 15) is 24.3 Å². The number of allylic oxidation sites excluding steroid dienone is 1. The third-order valence-corrected chi connectivity index (χ3v) is 9.43. The smallest absolute Gasteiger partial charge is 0.313 e. The summed E-state index contributed by atoms with van der Waals surface area (Å²) < 4.78 is 12.7. The van der Waals surface area contributed by atoms with Gasteiger partial charge < -0.3 is 29.3 Å². The van der Waals surface area contributed by atoms with Gasteiger partial charge in [0.2, 0.25) is 17.7 Å². The number of rotatable bonds is 3. The normalized spacial score (nSPS) is 34.9. The maximum atomic E-state index is 14.5. The van der Waals surface area contributed by atoms with E-state index in [1.54, 1.807) is 35.9 Å². The van der Waals surface area contributed by atoms with Crippen LogP contribution in [0.1, 0.15) is 59.1 Å². The Morgan fingerprint density at radius 3 is 2.42 bits per heavy atom. The topological polar surface area (TPSA) is 117 Å². The van der Waals surface area contributed by atoms with Crippen LogP contribution in [-0.2, 0) is 28.7 Å². The van der Waals surface area contributed by atoms with Crippen LogP contribution in [0, 0.1) is 11.8 Å². The first-order valence-electron chi connectivity index (χ1n) is 15.1. The molecule has 1 aromatic rings. The quantitative estimate of drug-likeness (QED) is 0.423. The Kier molecular flexibility index (Phi) is 8.30. The van der Waals surface area contributed by atoms with Gasteiger partial charge in [-0.25, -0.2) is 0 Å². The summed E-state index contributed by atoms with van der Waals surface area (Å²) >= 11 is 0. The average Bonchev–Trinajstić information content (AvgIpc) is 3.62. The number of likely N-dealkylation sites (tertiary alicyclic amines) is 1. The molecular formula is C33H43N3O7. The van der Waals surface area contributed by atoms with Crippen LogP contribution >= 0.6 is 0 Å². The van der Waals surface area contributed by atoms with Crippen molar-refractivity contribution in [2.24, 2.45) is 11.8 Å². The molecule has 5 rings (SSSR count). The maximum absolute atomic E-state index is 14.5. The van der Waals surface area contributed by atoms with Crippen LogP contribution in [0.4, 0.5) is 0 Å². The molecule has 10 nitrogen and oxygen atoms in total. The Bertz CT molecular complexity index is 1320. The van der Waals surface area contributed by atoms with E-state index >= 15 is 0 Å². The van der Waals surface area contributed by atoms with Crippen molar-refractivity contribution in [3.05, 3.63) is 60.2 Å². The second-order valence-electron chi connectivity index (χ2n) is 13.1. The summed E-state index contributed by atoms with van der Waals surface area (Å²) in [6.45, 7) is 9.17. The van der Waals surface area contributed by atoms with Crippen molar-refractivity contribution < 1.29 is 33.8 Å². The van der Waals surface area contributed by atoms with Crippen molar-refractivity contribution in [2.45, 2.75) is 88.9 Å². The number of amides is 3. The average molecular weight is 594 g/mol. The zero-order valence-corrected chi connectivity index (χ0v) is 25.8. The fourth-order valence-electron chi connectivity index (χ4n) is 6.96. The third-order valence-electron chi connectivity index (χ3n) is 9.43. The molecule has 3 amide bonds. The highest BCUT2D eigenvalue weighted by atomic mass is 16.6. The van der Waals surface area contributed by atoms with E-state index < -0.39 is 65.2 Å². The Morgan fingerprint density at radius 2 is 1.77 bits per heavy atom. The molecule has 0 aliphatic carbocycles. The number of benzene rings is 1. The van der Waals surface area contributed by atoms with Gasteiger partial charge in [-0.05, 0) is 46.6 Å². The lowest BCUT2D eigenvalue weighted by molar-refractivity contribution is -0.164. The first-order chi connectivity index (χ1) is 20.3. The fourth-order valence-corrected chi connectivity index (χ4v) is 6.96. The molecule has 232 valence electrons. The number of carbonyl (C=O) groups excluding carboxylic acids is 4. The predicted octanol–water partition coefficient (Wildman–Crippen LogP) is 2.63. The van der Waals surface area contributed by atoms with Crippen molar-refractivity contribution in [3.8, 4) is 0 Å². The van der Waals surface area contributed by atoms with Crippen LogP contribution in [0.2, 0.25) is 0 Å². The fraction of sp³-hybridized carbons (Fsp3) is 0.576. The number of cyclic esters (lactones) is 1. The maximum Gasteiger partial charge on any atom is 0.313 e. The van der Waals surface area contributed by atoms with Crippen molar-refractivity contribution in [3.63, 3.8) is 0 Å². The van der Waals surface area contributed by atoms with Gasteiger partial charge in [0.15, 0.2) is 0 Å². The van der Waals surface area contributed by atoms with E-state index in [0.29, 0.717) is 6.42 Å². The van der Waals surface area contributed by atoms with Crippen LogP contribution in [0.25, 0.3) is 0 Å². The van der Waals surface area contributed by atoms with Crippen LogP contribution < -0.4 is 0 Å². The summed E-state index contributed by atoms with van der Waals surface area (Å²) in [6.07, 6.45) is 6.42. The van der Waals surface area contributed by atoms with Crippen molar-refractivity contribution in [2.75, 3.05) is 20.2 Å². The zero-order chi connectivity index (χ0) is 31.3. The molecule has 1 aromatic carbocycles. The molecule has 4 heterocycles. The molecule has 0 saturated carbocycles. The van der Waals surface area contributed by atoms with E-state index in [2.05, 4.69) is 0 Å². The van der Waals surface area contributed by atoms with E-state index in [4.69, 9.17) is 9.47 Å². The van der Waals surface area contributed by atoms with E-state index in [-0.39, 0.29) is 31.4 Å². The Morgan fingerprint density at radius 1 is 1.07 bits per heavy atom. The zero-order valence-electron chi connectivity index (χ0n) is 25.8. The van der Waals surface area contributed by atoms with Gasteiger partial charge in [0.1, 0.15) is 23.7 Å². The van der Waals surface area contributed by atoms with Gasteiger partial charge in [-0.1, -0.05) is 54.6 Å². The second-order valence-corrected chi connectivity index (χ2v) is 13.1. The van der Waals surface area contributed by atoms with Gasteiger partial charge in [0.25, 0.3) is 0 Å².